The number of carbonyl (C=O) groups excluding carboxylic acids is 3. The molecule has 4 aliphatic heterocycles. The van der Waals surface area contributed by atoms with Gasteiger partial charge in [0.15, 0.2) is 0 Å². The topological polar surface area (TPSA) is 103 Å². The van der Waals surface area contributed by atoms with Crippen molar-refractivity contribution in [2.45, 2.75) is 122 Å². The molecule has 1 N–H and O–H groups in total. The van der Waals surface area contributed by atoms with Gasteiger partial charge in [-0.15, -0.1) is 0 Å². The fourth-order valence-corrected chi connectivity index (χ4v) is 6.07. The summed E-state index contributed by atoms with van der Waals surface area (Å²) in [5.74, 6) is 0.354. The molecule has 0 radical (unpaired) electrons. The summed E-state index contributed by atoms with van der Waals surface area (Å²) in [5.41, 5.74) is -0.881. The quantitative estimate of drug-likeness (QED) is 0.537. The number of hydrogen-bond acceptors (Lipinski definition) is 8. The smallest absolute Gasteiger partial charge is 0.410 e. The first kappa shape index (κ1) is 32.6. The minimum atomic E-state index is -0.451. The number of carbonyl (C=O) groups is 3. The van der Waals surface area contributed by atoms with E-state index in [-0.39, 0.29) is 29.4 Å². The van der Waals surface area contributed by atoms with Crippen LogP contribution in [0, 0.1) is 0 Å². The Morgan fingerprint density at radius 1 is 0.725 bits per heavy atom. The molecule has 0 aliphatic carbocycles. The number of piperidine rings is 2. The number of likely N-dealkylation sites (tertiary alicyclic amines) is 4. The number of ketones is 1. The predicted octanol–water partition coefficient (Wildman–Crippen LogP) is 3.89. The van der Waals surface area contributed by atoms with Crippen LogP contribution in [0.25, 0.3) is 0 Å². The van der Waals surface area contributed by atoms with Crippen LogP contribution < -0.4 is 0 Å². The maximum Gasteiger partial charge on any atom is 0.410 e. The average molecular weight is 567 g/mol. The Hall–Kier alpha value is -1.91. The van der Waals surface area contributed by atoms with Crippen LogP contribution in [-0.4, -0.2) is 123 Å². The molecule has 40 heavy (non-hydrogen) atoms. The van der Waals surface area contributed by atoms with Crippen LogP contribution in [0.4, 0.5) is 9.59 Å². The van der Waals surface area contributed by atoms with Gasteiger partial charge in [0.05, 0.1) is 6.10 Å². The van der Waals surface area contributed by atoms with Crippen LogP contribution in [0.15, 0.2) is 0 Å². The molecule has 0 aromatic heterocycles. The highest BCUT2D eigenvalue weighted by Gasteiger charge is 2.44. The Labute approximate surface area is 241 Å². The molecule has 0 aromatic rings. The molecule has 4 fully saturated rings. The second-order valence-corrected chi connectivity index (χ2v) is 14.5. The van der Waals surface area contributed by atoms with E-state index >= 15 is 0 Å². The van der Waals surface area contributed by atoms with Crippen molar-refractivity contribution < 1.29 is 29.0 Å². The van der Waals surface area contributed by atoms with Crippen LogP contribution in [0.2, 0.25) is 0 Å². The van der Waals surface area contributed by atoms with E-state index in [1.807, 2.05) is 46.4 Å². The van der Waals surface area contributed by atoms with Gasteiger partial charge in [-0.2, -0.15) is 0 Å². The van der Waals surface area contributed by atoms with Crippen molar-refractivity contribution >= 4 is 18.0 Å². The monoisotopic (exact) mass is 566 g/mol. The summed E-state index contributed by atoms with van der Waals surface area (Å²) in [6.07, 6.45) is 4.28. The molecule has 4 heterocycles. The van der Waals surface area contributed by atoms with Crippen molar-refractivity contribution in [1.29, 1.82) is 0 Å². The molecular formula is C30H54N4O6. The summed E-state index contributed by atoms with van der Waals surface area (Å²) < 4.78 is 10.9. The Bertz CT molecular complexity index is 897. The molecule has 0 saturated carbocycles. The van der Waals surface area contributed by atoms with Crippen LogP contribution in [0.1, 0.15) is 93.9 Å². The van der Waals surface area contributed by atoms with Gasteiger partial charge < -0.3 is 24.4 Å². The molecule has 10 heteroatoms. The fourth-order valence-electron chi connectivity index (χ4n) is 6.07. The zero-order valence-electron chi connectivity index (χ0n) is 26.3. The van der Waals surface area contributed by atoms with Gasteiger partial charge in [0, 0.05) is 76.3 Å². The van der Waals surface area contributed by atoms with Gasteiger partial charge in [0.2, 0.25) is 0 Å². The molecule has 2 unspecified atom stereocenters. The van der Waals surface area contributed by atoms with Crippen LogP contribution in [-0.2, 0) is 14.3 Å². The summed E-state index contributed by atoms with van der Waals surface area (Å²) in [5, 5.41) is 9.61. The molecule has 0 bridgehead atoms. The van der Waals surface area contributed by atoms with Gasteiger partial charge in [-0.25, -0.2) is 9.59 Å². The SMILES string of the molecule is CC(C)(C)OC(=O)N1CCC(C)(N2CCC(=O)CC2)C1.CC(C)(C)OC(=O)N1CCC(C)(N2CCC(O)CC2)C1. The van der Waals surface area contributed by atoms with E-state index in [0.29, 0.717) is 25.2 Å². The maximum atomic E-state index is 12.1. The molecule has 4 rings (SSSR count). The number of rotatable bonds is 2. The molecule has 0 spiro atoms. The van der Waals surface area contributed by atoms with Gasteiger partial charge in [0.25, 0.3) is 0 Å². The number of Topliss-reactive ketones (excluding diaryl/α,β-unsaturated/α-hetero) is 1. The van der Waals surface area contributed by atoms with Crippen LogP contribution in [0.5, 0.6) is 0 Å². The van der Waals surface area contributed by atoms with Gasteiger partial charge in [-0.1, -0.05) is 0 Å². The fraction of sp³-hybridized carbons (Fsp3) is 0.900. The highest BCUT2D eigenvalue weighted by Crippen LogP contribution is 2.32. The zero-order chi connectivity index (χ0) is 29.9. The third-order valence-corrected chi connectivity index (χ3v) is 8.52. The third kappa shape index (κ3) is 9.05. The Kier molecular flexibility index (Phi) is 10.2. The molecule has 0 aromatic carbocycles. The number of aliphatic hydroxyl groups is 1. The normalized spacial score (nSPS) is 29.3. The van der Waals surface area contributed by atoms with Gasteiger partial charge in [-0.05, 0) is 81.1 Å². The first-order chi connectivity index (χ1) is 18.4. The van der Waals surface area contributed by atoms with Crippen molar-refractivity contribution in [2.24, 2.45) is 0 Å². The van der Waals surface area contributed by atoms with E-state index in [1.54, 1.807) is 4.90 Å². The molecule has 2 atom stereocenters. The molecule has 10 nitrogen and oxygen atoms in total. The van der Waals surface area contributed by atoms with Crippen molar-refractivity contribution in [3.63, 3.8) is 0 Å². The lowest BCUT2D eigenvalue weighted by atomic mass is 9.95. The van der Waals surface area contributed by atoms with E-state index in [0.717, 1.165) is 71.5 Å². The zero-order valence-corrected chi connectivity index (χ0v) is 26.3. The number of hydrogen-bond donors (Lipinski definition) is 1. The molecular weight excluding hydrogens is 512 g/mol. The standard InChI is InChI=1S/C15H28N2O3.C15H26N2O3/c2*1-14(2,3)20-13(19)16-10-7-15(4,11-16)17-8-5-12(18)6-9-17/h12,18H,5-11H2,1-4H3;5-11H2,1-4H3. The third-order valence-electron chi connectivity index (χ3n) is 8.52. The number of nitrogens with zero attached hydrogens (tertiary/aromatic N) is 4. The summed E-state index contributed by atoms with van der Waals surface area (Å²) in [4.78, 5) is 44.0. The first-order valence-electron chi connectivity index (χ1n) is 15.0. The van der Waals surface area contributed by atoms with Gasteiger partial charge in [-0.3, -0.25) is 14.6 Å². The van der Waals surface area contributed by atoms with Gasteiger partial charge in [0.1, 0.15) is 17.0 Å². The van der Waals surface area contributed by atoms with E-state index in [1.165, 1.54) is 0 Å². The first-order valence-corrected chi connectivity index (χ1v) is 15.0. The molecule has 230 valence electrons. The van der Waals surface area contributed by atoms with E-state index in [2.05, 4.69) is 23.6 Å². The number of aliphatic hydroxyl groups excluding tert-OH is 1. The van der Waals surface area contributed by atoms with Gasteiger partial charge >= 0.3 is 12.2 Å². The van der Waals surface area contributed by atoms with Crippen molar-refractivity contribution in [2.75, 3.05) is 52.4 Å². The highest BCUT2D eigenvalue weighted by molar-refractivity contribution is 5.79. The summed E-state index contributed by atoms with van der Waals surface area (Å²) in [6.45, 7) is 22.1. The van der Waals surface area contributed by atoms with Crippen LogP contribution in [0.3, 0.4) is 0 Å². The van der Waals surface area contributed by atoms with Crippen molar-refractivity contribution in [3.05, 3.63) is 0 Å². The lowest BCUT2D eigenvalue weighted by molar-refractivity contribution is -0.122. The molecule has 2 amide bonds. The Morgan fingerprint density at radius 2 is 1.10 bits per heavy atom. The average Bonchev–Trinajstić information content (AvgIpc) is 3.43. The van der Waals surface area contributed by atoms with E-state index in [9.17, 15) is 19.5 Å². The molecule has 4 saturated heterocycles. The molecule has 4 aliphatic rings. The highest BCUT2D eigenvalue weighted by atomic mass is 16.6. The maximum absolute atomic E-state index is 12.1. The van der Waals surface area contributed by atoms with Crippen LogP contribution >= 0.6 is 0 Å². The minimum Gasteiger partial charge on any atom is -0.444 e. The van der Waals surface area contributed by atoms with Crippen molar-refractivity contribution in [3.8, 4) is 0 Å². The van der Waals surface area contributed by atoms with E-state index in [4.69, 9.17) is 9.47 Å². The summed E-state index contributed by atoms with van der Waals surface area (Å²) >= 11 is 0. The minimum absolute atomic E-state index is 0.0163. The summed E-state index contributed by atoms with van der Waals surface area (Å²) in [7, 11) is 0. The second-order valence-electron chi connectivity index (χ2n) is 14.5. The largest absolute Gasteiger partial charge is 0.444 e. The summed E-state index contributed by atoms with van der Waals surface area (Å²) in [6, 6.07) is 0. The Balaban J connectivity index is 0.000000220. The predicted molar refractivity (Wildman–Crippen MR) is 154 cm³/mol. The van der Waals surface area contributed by atoms with E-state index < -0.39 is 11.2 Å². The number of amides is 2. The lowest BCUT2D eigenvalue weighted by Crippen LogP contribution is -2.52. The Morgan fingerprint density at radius 3 is 1.48 bits per heavy atom. The number of ether oxygens (including phenoxy) is 2. The van der Waals surface area contributed by atoms with Crippen molar-refractivity contribution in [1.82, 2.24) is 19.6 Å². The second kappa shape index (κ2) is 12.5. The lowest BCUT2D eigenvalue weighted by Gasteiger charge is -2.42.